The highest BCUT2D eigenvalue weighted by Crippen LogP contribution is 2.12. The van der Waals surface area contributed by atoms with Gasteiger partial charge in [0.15, 0.2) is 0 Å². The lowest BCUT2D eigenvalue weighted by molar-refractivity contribution is -0.144. The van der Waals surface area contributed by atoms with Crippen molar-refractivity contribution in [1.29, 1.82) is 0 Å². The van der Waals surface area contributed by atoms with Gasteiger partial charge in [0.25, 0.3) is 0 Å². The summed E-state index contributed by atoms with van der Waals surface area (Å²) in [5, 5.41) is 30.9. The molecule has 0 saturated heterocycles. The van der Waals surface area contributed by atoms with Gasteiger partial charge in [-0.05, 0) is 35.6 Å². The van der Waals surface area contributed by atoms with E-state index in [4.69, 9.17) is 11.5 Å². The molecule has 2 aromatic rings. The van der Waals surface area contributed by atoms with E-state index in [0.29, 0.717) is 17.5 Å². The summed E-state index contributed by atoms with van der Waals surface area (Å²) in [6, 6.07) is 9.80. The maximum Gasteiger partial charge on any atom is 0.326 e. The molecule has 48 heavy (non-hydrogen) atoms. The van der Waals surface area contributed by atoms with Gasteiger partial charge in [0.2, 0.25) is 35.4 Å². The van der Waals surface area contributed by atoms with E-state index >= 15 is 0 Å². The first kappa shape index (κ1) is 38.7. The highest BCUT2D eigenvalue weighted by molar-refractivity contribution is 5.95. The van der Waals surface area contributed by atoms with Crippen molar-refractivity contribution in [2.45, 2.75) is 63.7 Å². The molecular weight excluding hydrogens is 626 g/mol. The van der Waals surface area contributed by atoms with Gasteiger partial charge in [0, 0.05) is 6.42 Å². The van der Waals surface area contributed by atoms with Crippen LogP contribution in [0.25, 0.3) is 0 Å². The molecule has 260 valence electrons. The smallest absolute Gasteiger partial charge is 0.326 e. The van der Waals surface area contributed by atoms with Gasteiger partial charge in [0.1, 0.15) is 23.9 Å². The molecule has 2 rings (SSSR count). The van der Waals surface area contributed by atoms with Crippen LogP contribution in [0.3, 0.4) is 0 Å². The molecule has 0 radical (unpaired) electrons. The van der Waals surface area contributed by atoms with Crippen molar-refractivity contribution in [3.8, 4) is 5.75 Å². The van der Waals surface area contributed by atoms with Crippen molar-refractivity contribution >= 4 is 41.4 Å². The molecule has 0 unspecified atom stereocenters. The van der Waals surface area contributed by atoms with Gasteiger partial charge in [-0.1, -0.05) is 62.7 Å². The second kappa shape index (κ2) is 19.2. The predicted molar refractivity (Wildman–Crippen MR) is 173 cm³/mol. The monoisotopic (exact) mass is 669 g/mol. The van der Waals surface area contributed by atoms with Gasteiger partial charge in [-0.3, -0.25) is 28.8 Å². The fraction of sp³-hybridized carbons (Fsp3) is 0.406. The van der Waals surface area contributed by atoms with Crippen LogP contribution in [0, 0.1) is 5.92 Å². The first-order valence-electron chi connectivity index (χ1n) is 15.2. The van der Waals surface area contributed by atoms with E-state index < -0.39 is 91.0 Å². The van der Waals surface area contributed by atoms with E-state index in [1.165, 1.54) is 12.1 Å². The van der Waals surface area contributed by atoms with Crippen molar-refractivity contribution in [1.82, 2.24) is 26.6 Å². The van der Waals surface area contributed by atoms with E-state index in [-0.39, 0.29) is 18.6 Å². The number of nitrogens with one attached hydrogen (secondary N) is 5. The van der Waals surface area contributed by atoms with Crippen LogP contribution in [0.2, 0.25) is 0 Å². The van der Waals surface area contributed by atoms with Gasteiger partial charge in [-0.15, -0.1) is 0 Å². The second-order valence-corrected chi connectivity index (χ2v) is 11.2. The number of rotatable bonds is 19. The van der Waals surface area contributed by atoms with Gasteiger partial charge in [-0.2, -0.15) is 0 Å². The number of carboxylic acids is 1. The topological polar surface area (TPSA) is 272 Å². The maximum absolute atomic E-state index is 13.5. The molecular formula is C32H43N7O9. The Morgan fingerprint density at radius 1 is 0.729 bits per heavy atom. The molecule has 5 atom stereocenters. The Kier molecular flexibility index (Phi) is 15.5. The highest BCUT2D eigenvalue weighted by Gasteiger charge is 2.33. The van der Waals surface area contributed by atoms with Crippen LogP contribution in [0.4, 0.5) is 0 Å². The number of aromatic hydroxyl groups is 1. The second-order valence-electron chi connectivity index (χ2n) is 11.2. The lowest BCUT2D eigenvalue weighted by Gasteiger charge is -2.27. The summed E-state index contributed by atoms with van der Waals surface area (Å²) in [7, 11) is 0. The Morgan fingerprint density at radius 3 is 1.92 bits per heavy atom. The molecule has 16 nitrogen and oxygen atoms in total. The van der Waals surface area contributed by atoms with Crippen molar-refractivity contribution in [3.05, 3.63) is 65.7 Å². The van der Waals surface area contributed by atoms with E-state index in [0.717, 1.165) is 0 Å². The number of primary amides is 1. The van der Waals surface area contributed by atoms with E-state index in [1.54, 1.807) is 56.3 Å². The molecule has 0 aliphatic rings. The lowest BCUT2D eigenvalue weighted by Crippen LogP contribution is -2.58. The Labute approximate surface area is 277 Å². The summed E-state index contributed by atoms with van der Waals surface area (Å²) < 4.78 is 0. The number of hydrogen-bond acceptors (Lipinski definition) is 9. The number of phenols is 1. The standard InChI is InChI=1S/C32H43N7O9/c1-3-18(2)28(31(46)38-24(32(47)48)15-25(34)41)39-30(45)23(14-19-7-5-4-6-8-19)37-27(43)17-35-26(42)16-36-29(44)22(33)13-20-9-11-21(40)12-10-20/h4-12,18,22-24,28,40H,3,13-17,33H2,1-2H3,(H2,34,41)(H,35,42)(H,36,44)(H,37,43)(H,38,46)(H,39,45)(H,47,48)/t18-,22-,23-,24-,28-/m0/s1. The quantitative estimate of drug-likeness (QED) is 0.0809. The third-order valence-corrected chi connectivity index (χ3v) is 7.35. The maximum atomic E-state index is 13.5. The number of carboxylic acid groups (broad SMARTS) is 1. The first-order chi connectivity index (χ1) is 22.7. The fourth-order valence-electron chi connectivity index (χ4n) is 4.44. The van der Waals surface area contributed by atoms with Crippen LogP contribution >= 0.6 is 0 Å². The van der Waals surface area contributed by atoms with E-state index in [9.17, 15) is 43.8 Å². The third kappa shape index (κ3) is 13.5. The van der Waals surface area contributed by atoms with Crippen LogP contribution in [-0.4, -0.2) is 88.9 Å². The van der Waals surface area contributed by atoms with Crippen LogP contribution in [0.15, 0.2) is 54.6 Å². The van der Waals surface area contributed by atoms with Gasteiger partial charge in [0.05, 0.1) is 25.6 Å². The number of amides is 6. The Bertz CT molecular complexity index is 1440. The lowest BCUT2D eigenvalue weighted by atomic mass is 9.96. The molecule has 0 fully saturated rings. The SMILES string of the molecule is CC[C@H](C)[C@H](NC(=O)[C@H](Cc1ccccc1)NC(=O)CNC(=O)CNC(=O)[C@@H](N)Cc1ccc(O)cc1)C(=O)N[C@@H](CC(N)=O)C(=O)O. The average molecular weight is 670 g/mol. The van der Waals surface area contributed by atoms with Gasteiger partial charge in [-0.25, -0.2) is 4.79 Å². The minimum atomic E-state index is -1.61. The average Bonchev–Trinajstić information content (AvgIpc) is 3.05. The summed E-state index contributed by atoms with van der Waals surface area (Å²) in [5.74, 6) is -6.49. The number of benzene rings is 2. The highest BCUT2D eigenvalue weighted by atomic mass is 16.4. The van der Waals surface area contributed by atoms with Crippen LogP contribution in [-0.2, 0) is 46.4 Å². The minimum Gasteiger partial charge on any atom is -0.508 e. The number of aliphatic carboxylic acids is 1. The molecule has 0 heterocycles. The minimum absolute atomic E-state index is 0.00953. The Morgan fingerprint density at radius 2 is 1.33 bits per heavy atom. The predicted octanol–water partition coefficient (Wildman–Crippen LogP) is -1.80. The first-order valence-corrected chi connectivity index (χ1v) is 15.2. The van der Waals surface area contributed by atoms with Gasteiger partial charge >= 0.3 is 5.97 Å². The van der Waals surface area contributed by atoms with Crippen molar-refractivity contribution in [2.75, 3.05) is 13.1 Å². The Balaban J connectivity index is 2.03. The number of hydrogen-bond donors (Lipinski definition) is 9. The summed E-state index contributed by atoms with van der Waals surface area (Å²) >= 11 is 0. The van der Waals surface area contributed by atoms with Crippen molar-refractivity contribution in [2.24, 2.45) is 17.4 Å². The molecule has 16 heteroatoms. The van der Waals surface area contributed by atoms with E-state index in [1.807, 2.05) is 0 Å². The molecule has 6 amide bonds. The summed E-state index contributed by atoms with van der Waals surface area (Å²) in [4.78, 5) is 86.9. The van der Waals surface area contributed by atoms with Crippen LogP contribution in [0.1, 0.15) is 37.8 Å². The number of nitrogens with two attached hydrogens (primary N) is 2. The summed E-state index contributed by atoms with van der Waals surface area (Å²) in [6.07, 6.45) is -0.0768. The summed E-state index contributed by atoms with van der Waals surface area (Å²) in [5.41, 5.74) is 12.4. The molecule has 0 aromatic heterocycles. The zero-order valence-corrected chi connectivity index (χ0v) is 26.7. The number of carbonyl (C=O) groups excluding carboxylic acids is 6. The molecule has 0 bridgehead atoms. The van der Waals surface area contributed by atoms with Crippen LogP contribution < -0.4 is 38.1 Å². The van der Waals surface area contributed by atoms with Crippen molar-refractivity contribution < 1.29 is 43.8 Å². The molecule has 0 aliphatic carbocycles. The fourth-order valence-corrected chi connectivity index (χ4v) is 4.44. The number of carbonyl (C=O) groups is 7. The Hall–Kier alpha value is -5.51. The molecule has 0 aliphatic heterocycles. The zero-order valence-electron chi connectivity index (χ0n) is 26.7. The van der Waals surface area contributed by atoms with E-state index in [2.05, 4.69) is 26.6 Å². The summed E-state index contributed by atoms with van der Waals surface area (Å²) in [6.45, 7) is 2.40. The van der Waals surface area contributed by atoms with Gasteiger partial charge < -0.3 is 48.3 Å². The van der Waals surface area contributed by atoms with Crippen molar-refractivity contribution in [3.63, 3.8) is 0 Å². The normalized spacial score (nSPS) is 13.8. The zero-order chi connectivity index (χ0) is 35.8. The molecule has 2 aromatic carbocycles. The molecule has 0 saturated carbocycles. The van der Waals surface area contributed by atoms with Crippen LogP contribution in [0.5, 0.6) is 5.75 Å². The molecule has 0 spiro atoms. The molecule has 11 N–H and O–H groups in total. The third-order valence-electron chi connectivity index (χ3n) is 7.35. The number of phenolic OH excluding ortho intramolecular Hbond substituents is 1. The largest absolute Gasteiger partial charge is 0.508 e.